The minimum atomic E-state index is -0.761. The van der Waals surface area contributed by atoms with Crippen molar-refractivity contribution in [2.24, 2.45) is 0 Å². The Morgan fingerprint density at radius 2 is 1.81 bits per heavy atom. The van der Waals surface area contributed by atoms with Crippen LogP contribution in [-0.4, -0.2) is 58.2 Å². The number of halogens is 1. The average molecular weight is 447 g/mol. The van der Waals surface area contributed by atoms with Crippen molar-refractivity contribution in [3.05, 3.63) is 83.1 Å². The first kappa shape index (κ1) is 20.2. The van der Waals surface area contributed by atoms with Crippen molar-refractivity contribution >= 4 is 35.0 Å². The van der Waals surface area contributed by atoms with Crippen LogP contribution >= 0.6 is 11.6 Å². The molecule has 1 fully saturated rings. The molecule has 0 aliphatic carbocycles. The van der Waals surface area contributed by atoms with Crippen molar-refractivity contribution in [1.29, 1.82) is 0 Å². The quantitative estimate of drug-likeness (QED) is 0.654. The van der Waals surface area contributed by atoms with Crippen LogP contribution in [0.1, 0.15) is 20.7 Å². The van der Waals surface area contributed by atoms with E-state index in [4.69, 9.17) is 11.6 Å². The van der Waals surface area contributed by atoms with E-state index >= 15 is 0 Å². The van der Waals surface area contributed by atoms with Gasteiger partial charge in [-0.05, 0) is 47.5 Å². The molecule has 0 radical (unpaired) electrons. The summed E-state index contributed by atoms with van der Waals surface area (Å²) >= 11 is 5.99. The van der Waals surface area contributed by atoms with Gasteiger partial charge in [0.1, 0.15) is 6.04 Å². The number of rotatable bonds is 2. The highest BCUT2D eigenvalue weighted by atomic mass is 35.5. The highest BCUT2D eigenvalue weighted by Crippen LogP contribution is 2.31. The van der Waals surface area contributed by atoms with Crippen molar-refractivity contribution in [2.45, 2.75) is 6.04 Å². The Morgan fingerprint density at radius 3 is 2.56 bits per heavy atom. The second kappa shape index (κ2) is 8.09. The fraction of sp³-hybridized carbons (Fsp3) is 0.167. The lowest BCUT2D eigenvalue weighted by Gasteiger charge is -2.39. The molecule has 1 atom stereocenters. The van der Waals surface area contributed by atoms with Gasteiger partial charge in [0.15, 0.2) is 0 Å². The van der Waals surface area contributed by atoms with Gasteiger partial charge in [0.2, 0.25) is 5.91 Å². The van der Waals surface area contributed by atoms with Crippen molar-refractivity contribution in [3.63, 3.8) is 0 Å². The molecular weight excluding hydrogens is 428 g/mol. The smallest absolute Gasteiger partial charge is 0.256 e. The number of aromatic nitrogens is 1. The molecular formula is C24H19ClN4O3. The fourth-order valence-corrected chi connectivity index (χ4v) is 4.26. The maximum absolute atomic E-state index is 13.4. The topological polar surface area (TPSA) is 82.6 Å². The van der Waals surface area contributed by atoms with E-state index in [-0.39, 0.29) is 30.8 Å². The highest BCUT2D eigenvalue weighted by Gasteiger charge is 2.40. The molecule has 3 amide bonds. The first-order valence-electron chi connectivity index (χ1n) is 10.2. The van der Waals surface area contributed by atoms with Crippen LogP contribution in [0.15, 0.2) is 67.0 Å². The van der Waals surface area contributed by atoms with Crippen molar-refractivity contribution in [1.82, 2.24) is 14.8 Å². The minimum Gasteiger partial charge on any atom is -0.334 e. The summed E-state index contributed by atoms with van der Waals surface area (Å²) < 4.78 is 0. The van der Waals surface area contributed by atoms with Crippen LogP contribution in [0.5, 0.6) is 0 Å². The number of benzene rings is 2. The van der Waals surface area contributed by atoms with Gasteiger partial charge in [-0.15, -0.1) is 0 Å². The van der Waals surface area contributed by atoms with Gasteiger partial charge >= 0.3 is 0 Å². The third-order valence-electron chi connectivity index (χ3n) is 5.82. The maximum Gasteiger partial charge on any atom is 0.256 e. The highest BCUT2D eigenvalue weighted by molar-refractivity contribution is 6.30. The molecule has 2 aliphatic heterocycles. The number of carbonyl (C=O) groups is 3. The van der Waals surface area contributed by atoms with E-state index in [2.05, 4.69) is 10.3 Å². The molecule has 1 saturated heterocycles. The molecule has 0 saturated carbocycles. The van der Waals surface area contributed by atoms with E-state index < -0.39 is 6.04 Å². The molecule has 160 valence electrons. The summed E-state index contributed by atoms with van der Waals surface area (Å²) in [6, 6.07) is 15.4. The first-order chi connectivity index (χ1) is 15.5. The van der Waals surface area contributed by atoms with Gasteiger partial charge in [0.05, 0.1) is 23.4 Å². The third kappa shape index (κ3) is 3.61. The number of carbonyl (C=O) groups excluding carboxylic acids is 3. The van der Waals surface area contributed by atoms with Gasteiger partial charge in [-0.1, -0.05) is 29.8 Å². The van der Waals surface area contributed by atoms with E-state index in [1.54, 1.807) is 52.4 Å². The number of fused-ring (bicyclic) bond motifs is 2. The lowest BCUT2D eigenvalue weighted by atomic mass is 10.0. The van der Waals surface area contributed by atoms with Gasteiger partial charge in [0.25, 0.3) is 11.8 Å². The largest absolute Gasteiger partial charge is 0.334 e. The Labute approximate surface area is 189 Å². The summed E-state index contributed by atoms with van der Waals surface area (Å²) in [5.74, 6) is -0.738. The molecule has 2 aromatic carbocycles. The summed E-state index contributed by atoms with van der Waals surface area (Å²) in [6.07, 6.45) is 3.10. The molecule has 1 aromatic heterocycles. The molecule has 5 rings (SSSR count). The van der Waals surface area contributed by atoms with Crippen molar-refractivity contribution < 1.29 is 14.4 Å². The maximum atomic E-state index is 13.4. The van der Waals surface area contributed by atoms with Gasteiger partial charge < -0.3 is 15.1 Å². The van der Waals surface area contributed by atoms with Crippen molar-refractivity contribution in [3.8, 4) is 11.1 Å². The predicted molar refractivity (Wildman–Crippen MR) is 120 cm³/mol. The Bertz CT molecular complexity index is 1210. The molecule has 0 spiro atoms. The van der Waals surface area contributed by atoms with Gasteiger partial charge in [0, 0.05) is 30.5 Å². The second-order valence-corrected chi connectivity index (χ2v) is 8.20. The standard InChI is InChI=1S/C24H19ClN4O3/c25-18-6-3-15(4-7-18)16-5-8-20-19(12-16)24(32)29-11-10-28(14-21(29)22(30)27-20)23(31)17-2-1-9-26-13-17/h1-9,12-13,21H,10-11,14H2,(H,27,30). The Balaban J connectivity index is 1.43. The van der Waals surface area contributed by atoms with E-state index in [9.17, 15) is 14.4 Å². The summed E-state index contributed by atoms with van der Waals surface area (Å²) in [5, 5.41) is 3.50. The van der Waals surface area contributed by atoms with Crippen LogP contribution in [0.2, 0.25) is 5.02 Å². The number of anilines is 1. The molecule has 1 N–H and O–H groups in total. The minimum absolute atomic E-state index is 0.128. The first-order valence-corrected chi connectivity index (χ1v) is 10.6. The predicted octanol–water partition coefficient (Wildman–Crippen LogP) is 3.32. The van der Waals surface area contributed by atoms with Crippen LogP contribution in [0, 0.1) is 0 Å². The van der Waals surface area contributed by atoms with E-state index in [0.717, 1.165) is 11.1 Å². The summed E-state index contributed by atoms with van der Waals surface area (Å²) in [6.45, 7) is 0.742. The Morgan fingerprint density at radius 1 is 1.03 bits per heavy atom. The molecule has 3 aromatic rings. The fourth-order valence-electron chi connectivity index (χ4n) is 4.13. The molecule has 2 aliphatic rings. The Hall–Kier alpha value is -3.71. The summed E-state index contributed by atoms with van der Waals surface area (Å²) in [5.41, 5.74) is 3.13. The normalized spacial score (nSPS) is 17.8. The lowest BCUT2D eigenvalue weighted by Crippen LogP contribution is -2.59. The van der Waals surface area contributed by atoms with Crippen LogP contribution in [-0.2, 0) is 4.79 Å². The van der Waals surface area contributed by atoms with E-state index in [1.165, 1.54) is 6.20 Å². The van der Waals surface area contributed by atoms with Crippen LogP contribution in [0.3, 0.4) is 0 Å². The summed E-state index contributed by atoms with van der Waals surface area (Å²) in [7, 11) is 0. The number of hydrogen-bond donors (Lipinski definition) is 1. The van der Waals surface area contributed by atoms with Crippen LogP contribution < -0.4 is 5.32 Å². The third-order valence-corrected chi connectivity index (χ3v) is 6.08. The number of pyridine rings is 1. The SMILES string of the molecule is O=C1Nc2ccc(-c3ccc(Cl)cc3)cc2C(=O)N2CCN(C(=O)c3cccnc3)CC12. The molecule has 8 heteroatoms. The zero-order valence-corrected chi connectivity index (χ0v) is 17.7. The lowest BCUT2D eigenvalue weighted by molar-refractivity contribution is -0.121. The van der Waals surface area contributed by atoms with Crippen LogP contribution in [0.4, 0.5) is 5.69 Å². The molecule has 3 heterocycles. The van der Waals surface area contributed by atoms with Crippen molar-refractivity contribution in [2.75, 3.05) is 25.0 Å². The average Bonchev–Trinajstić information content (AvgIpc) is 2.93. The molecule has 32 heavy (non-hydrogen) atoms. The number of amides is 3. The molecule has 7 nitrogen and oxygen atoms in total. The molecule has 0 bridgehead atoms. The second-order valence-electron chi connectivity index (χ2n) is 7.76. The van der Waals surface area contributed by atoms with E-state index in [1.807, 2.05) is 18.2 Å². The number of nitrogens with one attached hydrogen (secondary N) is 1. The monoisotopic (exact) mass is 446 g/mol. The number of nitrogens with zero attached hydrogens (tertiary/aromatic N) is 3. The zero-order valence-electron chi connectivity index (χ0n) is 17.0. The zero-order chi connectivity index (χ0) is 22.2. The number of piperazine rings is 1. The van der Waals surface area contributed by atoms with Gasteiger partial charge in [-0.2, -0.15) is 0 Å². The number of hydrogen-bond acceptors (Lipinski definition) is 4. The Kier molecular flexibility index (Phi) is 5.11. The molecule has 1 unspecified atom stereocenters. The van der Waals surface area contributed by atoms with Crippen LogP contribution in [0.25, 0.3) is 11.1 Å². The van der Waals surface area contributed by atoms with Gasteiger partial charge in [-0.25, -0.2) is 0 Å². The van der Waals surface area contributed by atoms with Gasteiger partial charge in [-0.3, -0.25) is 19.4 Å². The van der Waals surface area contributed by atoms with E-state index in [0.29, 0.717) is 28.4 Å². The summed E-state index contributed by atoms with van der Waals surface area (Å²) in [4.78, 5) is 46.4.